The van der Waals surface area contributed by atoms with Crippen LogP contribution in [0, 0.1) is 24.1 Å². The van der Waals surface area contributed by atoms with E-state index in [2.05, 4.69) is 5.32 Å². The van der Waals surface area contributed by atoms with E-state index < -0.39 is 5.82 Å². The fourth-order valence-corrected chi connectivity index (χ4v) is 1.99. The van der Waals surface area contributed by atoms with Crippen molar-refractivity contribution in [1.82, 2.24) is 0 Å². The molecule has 2 aromatic rings. The molecule has 1 N–H and O–H groups in total. The van der Waals surface area contributed by atoms with Gasteiger partial charge in [0.05, 0.1) is 22.3 Å². The number of carbonyl (C=O) groups excluding carboxylic acids is 1. The quantitative estimate of drug-likeness (QED) is 0.911. The fraction of sp³-hybridized carbons (Fsp3) is 0.0667. The highest BCUT2D eigenvalue weighted by Gasteiger charge is 2.11. The fourth-order valence-electron chi connectivity index (χ4n) is 1.76. The van der Waals surface area contributed by atoms with E-state index in [1.54, 1.807) is 19.1 Å². The minimum absolute atomic E-state index is 0.275. The lowest BCUT2D eigenvalue weighted by atomic mass is 10.1. The third-order valence-electron chi connectivity index (χ3n) is 2.78. The van der Waals surface area contributed by atoms with Crippen molar-refractivity contribution >= 4 is 23.2 Å². The van der Waals surface area contributed by atoms with Gasteiger partial charge in [0.1, 0.15) is 5.82 Å². The van der Waals surface area contributed by atoms with Crippen LogP contribution in [0.4, 0.5) is 10.1 Å². The lowest BCUT2D eigenvalue weighted by molar-refractivity contribution is 0.102. The summed E-state index contributed by atoms with van der Waals surface area (Å²) in [4.78, 5) is 12.1. The standard InChI is InChI=1S/C15H10ClFN2O/c1-9-6-11(17)3-4-12(9)15(20)19-14-5-2-10(8-18)7-13(14)16/h2-7H,1H3,(H,19,20). The minimum Gasteiger partial charge on any atom is -0.321 e. The van der Waals surface area contributed by atoms with Crippen molar-refractivity contribution in [2.75, 3.05) is 5.32 Å². The largest absolute Gasteiger partial charge is 0.321 e. The highest BCUT2D eigenvalue weighted by atomic mass is 35.5. The average Bonchev–Trinajstić information content (AvgIpc) is 2.40. The molecule has 0 aliphatic rings. The van der Waals surface area contributed by atoms with Gasteiger partial charge >= 0.3 is 0 Å². The van der Waals surface area contributed by atoms with Crippen molar-refractivity contribution in [3.05, 3.63) is 63.9 Å². The number of nitrogens with zero attached hydrogens (tertiary/aromatic N) is 1. The van der Waals surface area contributed by atoms with Crippen molar-refractivity contribution in [3.8, 4) is 6.07 Å². The van der Waals surface area contributed by atoms with E-state index in [9.17, 15) is 9.18 Å². The van der Waals surface area contributed by atoms with Crippen molar-refractivity contribution in [1.29, 1.82) is 5.26 Å². The molecule has 1 amide bonds. The molecule has 0 aliphatic heterocycles. The van der Waals surface area contributed by atoms with Gasteiger partial charge in [0.25, 0.3) is 5.91 Å². The first kappa shape index (κ1) is 14.0. The summed E-state index contributed by atoms with van der Waals surface area (Å²) >= 11 is 5.98. The number of halogens is 2. The van der Waals surface area contributed by atoms with Crippen molar-refractivity contribution < 1.29 is 9.18 Å². The van der Waals surface area contributed by atoms with Gasteiger partial charge in [0.2, 0.25) is 0 Å². The van der Waals surface area contributed by atoms with Gasteiger partial charge in [0.15, 0.2) is 0 Å². The molecule has 0 aliphatic carbocycles. The Morgan fingerprint density at radius 2 is 2.05 bits per heavy atom. The first-order valence-electron chi connectivity index (χ1n) is 5.78. The zero-order valence-electron chi connectivity index (χ0n) is 10.6. The Kier molecular flexibility index (Phi) is 4.02. The maximum Gasteiger partial charge on any atom is 0.255 e. The highest BCUT2D eigenvalue weighted by molar-refractivity contribution is 6.34. The molecule has 2 aromatic carbocycles. The van der Waals surface area contributed by atoms with E-state index in [1.165, 1.54) is 24.3 Å². The van der Waals surface area contributed by atoms with Crippen LogP contribution in [0.2, 0.25) is 5.02 Å². The summed E-state index contributed by atoms with van der Waals surface area (Å²) in [5.41, 5.74) is 1.71. The van der Waals surface area contributed by atoms with E-state index in [0.29, 0.717) is 22.4 Å². The van der Waals surface area contributed by atoms with Crippen molar-refractivity contribution in [3.63, 3.8) is 0 Å². The van der Waals surface area contributed by atoms with Crippen LogP contribution in [-0.2, 0) is 0 Å². The maximum atomic E-state index is 13.0. The van der Waals surface area contributed by atoms with Crippen LogP contribution in [0.15, 0.2) is 36.4 Å². The number of nitriles is 1. The molecular weight excluding hydrogens is 279 g/mol. The molecule has 2 rings (SSSR count). The molecule has 0 heterocycles. The second-order valence-corrected chi connectivity index (χ2v) is 4.63. The molecule has 0 aromatic heterocycles. The maximum absolute atomic E-state index is 13.0. The van der Waals surface area contributed by atoms with E-state index in [-0.39, 0.29) is 10.9 Å². The van der Waals surface area contributed by atoms with Gasteiger partial charge in [-0.25, -0.2) is 4.39 Å². The van der Waals surface area contributed by atoms with Gasteiger partial charge in [-0.05, 0) is 48.9 Å². The molecule has 3 nitrogen and oxygen atoms in total. The Morgan fingerprint density at radius 1 is 1.30 bits per heavy atom. The van der Waals surface area contributed by atoms with Crippen LogP contribution < -0.4 is 5.32 Å². The number of rotatable bonds is 2. The molecule has 100 valence electrons. The van der Waals surface area contributed by atoms with Gasteiger partial charge in [0, 0.05) is 5.56 Å². The van der Waals surface area contributed by atoms with Crippen LogP contribution in [0.25, 0.3) is 0 Å². The lowest BCUT2D eigenvalue weighted by Gasteiger charge is -2.09. The molecule has 0 atom stereocenters. The number of nitrogens with one attached hydrogen (secondary N) is 1. The molecule has 20 heavy (non-hydrogen) atoms. The monoisotopic (exact) mass is 288 g/mol. The zero-order valence-corrected chi connectivity index (χ0v) is 11.3. The van der Waals surface area contributed by atoms with Crippen LogP contribution >= 0.6 is 11.6 Å². The Labute approximate surface area is 120 Å². The Morgan fingerprint density at radius 3 is 2.65 bits per heavy atom. The van der Waals surface area contributed by atoms with Gasteiger partial charge in [-0.3, -0.25) is 4.79 Å². The zero-order chi connectivity index (χ0) is 14.7. The normalized spacial score (nSPS) is 9.90. The number of anilines is 1. The summed E-state index contributed by atoms with van der Waals surface area (Å²) in [7, 11) is 0. The highest BCUT2D eigenvalue weighted by Crippen LogP contribution is 2.23. The van der Waals surface area contributed by atoms with Crippen molar-refractivity contribution in [2.24, 2.45) is 0 Å². The molecule has 0 saturated heterocycles. The first-order chi connectivity index (χ1) is 9.51. The van der Waals surface area contributed by atoms with Crippen LogP contribution in [0.1, 0.15) is 21.5 Å². The number of hydrogen-bond acceptors (Lipinski definition) is 2. The summed E-state index contributed by atoms with van der Waals surface area (Å²) < 4.78 is 13.0. The van der Waals surface area contributed by atoms with Crippen LogP contribution in [-0.4, -0.2) is 5.91 Å². The van der Waals surface area contributed by atoms with Gasteiger partial charge < -0.3 is 5.32 Å². The number of benzene rings is 2. The topological polar surface area (TPSA) is 52.9 Å². The van der Waals surface area contributed by atoms with E-state index >= 15 is 0 Å². The molecule has 0 saturated carbocycles. The average molecular weight is 289 g/mol. The SMILES string of the molecule is Cc1cc(F)ccc1C(=O)Nc1ccc(C#N)cc1Cl. The van der Waals surface area contributed by atoms with Crippen molar-refractivity contribution in [2.45, 2.75) is 6.92 Å². The minimum atomic E-state index is -0.393. The number of carbonyl (C=O) groups is 1. The summed E-state index contributed by atoms with van der Waals surface area (Å²) in [5, 5.41) is 11.7. The first-order valence-corrected chi connectivity index (χ1v) is 6.16. The Bertz CT molecular complexity index is 722. The van der Waals surface area contributed by atoms with E-state index in [0.717, 1.165) is 0 Å². The molecule has 0 unspecified atom stereocenters. The lowest BCUT2D eigenvalue weighted by Crippen LogP contribution is -2.13. The summed E-state index contributed by atoms with van der Waals surface area (Å²) in [5.74, 6) is -0.774. The van der Waals surface area contributed by atoms with Gasteiger partial charge in [-0.1, -0.05) is 11.6 Å². The predicted octanol–water partition coefficient (Wildman–Crippen LogP) is 3.91. The molecule has 0 fully saturated rings. The third-order valence-corrected chi connectivity index (χ3v) is 3.09. The molecule has 0 radical (unpaired) electrons. The molecule has 0 spiro atoms. The van der Waals surface area contributed by atoms with Gasteiger partial charge in [-0.15, -0.1) is 0 Å². The summed E-state index contributed by atoms with van der Waals surface area (Å²) in [6.07, 6.45) is 0. The molecular formula is C15H10ClFN2O. The second kappa shape index (κ2) is 5.72. The molecule has 0 bridgehead atoms. The number of hydrogen-bond donors (Lipinski definition) is 1. The van der Waals surface area contributed by atoms with Crippen LogP contribution in [0.3, 0.4) is 0 Å². The van der Waals surface area contributed by atoms with Crippen LogP contribution in [0.5, 0.6) is 0 Å². The number of amides is 1. The summed E-state index contributed by atoms with van der Waals surface area (Å²) in [6, 6.07) is 10.5. The summed E-state index contributed by atoms with van der Waals surface area (Å²) in [6.45, 7) is 1.65. The number of aryl methyl sites for hydroxylation is 1. The van der Waals surface area contributed by atoms with E-state index in [4.69, 9.17) is 16.9 Å². The Hall–Kier alpha value is -2.38. The Balaban J connectivity index is 2.26. The van der Waals surface area contributed by atoms with E-state index in [1.807, 2.05) is 6.07 Å². The second-order valence-electron chi connectivity index (χ2n) is 4.22. The predicted molar refractivity (Wildman–Crippen MR) is 75.3 cm³/mol. The third kappa shape index (κ3) is 2.95. The van der Waals surface area contributed by atoms with Gasteiger partial charge in [-0.2, -0.15) is 5.26 Å². The smallest absolute Gasteiger partial charge is 0.255 e. The molecule has 5 heteroatoms.